The van der Waals surface area contributed by atoms with Gasteiger partial charge in [-0.2, -0.15) is 0 Å². The van der Waals surface area contributed by atoms with Gasteiger partial charge in [-0.05, 0) is 68.2 Å². The molecule has 150 valence electrons. The first kappa shape index (κ1) is 20.7. The summed E-state index contributed by atoms with van der Waals surface area (Å²) in [6.45, 7) is 5.36. The lowest BCUT2D eigenvalue weighted by Crippen LogP contribution is -2.40. The number of carbonyl (C=O) groups is 1. The Morgan fingerprint density at radius 3 is 2.50 bits per heavy atom. The summed E-state index contributed by atoms with van der Waals surface area (Å²) in [7, 11) is 0. The molecular weight excluding hydrogens is 372 g/mol. The Labute approximate surface area is 172 Å². The molecule has 0 radical (unpaired) electrons. The number of likely N-dealkylation sites (tertiary alicyclic amines) is 1. The summed E-state index contributed by atoms with van der Waals surface area (Å²) < 4.78 is 5.59. The van der Waals surface area contributed by atoms with E-state index >= 15 is 0 Å². The summed E-state index contributed by atoms with van der Waals surface area (Å²) in [4.78, 5) is 15.1. The van der Waals surface area contributed by atoms with Gasteiger partial charge < -0.3 is 10.1 Å². The van der Waals surface area contributed by atoms with Crippen LogP contribution in [0.25, 0.3) is 0 Å². The highest BCUT2D eigenvalue weighted by atomic mass is 35.5. The lowest BCUT2D eigenvalue weighted by Gasteiger charge is -2.35. The Balaban J connectivity index is 1.67. The van der Waals surface area contributed by atoms with E-state index in [0.717, 1.165) is 35.8 Å². The average molecular weight is 401 g/mol. The summed E-state index contributed by atoms with van der Waals surface area (Å²) in [5, 5.41) is 3.86. The number of amides is 1. The number of piperidine rings is 1. The molecule has 3 rings (SSSR count). The number of benzene rings is 2. The van der Waals surface area contributed by atoms with Crippen LogP contribution >= 0.6 is 11.6 Å². The second-order valence-corrected chi connectivity index (χ2v) is 7.62. The predicted octanol–water partition coefficient (Wildman–Crippen LogP) is 5.09. The van der Waals surface area contributed by atoms with Crippen molar-refractivity contribution in [3.05, 3.63) is 64.7 Å². The Morgan fingerprint density at radius 2 is 1.82 bits per heavy atom. The number of hydrogen-bond donors (Lipinski definition) is 1. The van der Waals surface area contributed by atoms with E-state index in [1.165, 1.54) is 19.3 Å². The number of ether oxygens (including phenoxy) is 1. The van der Waals surface area contributed by atoms with Crippen LogP contribution in [0.15, 0.2) is 48.5 Å². The zero-order chi connectivity index (χ0) is 19.8. The van der Waals surface area contributed by atoms with Crippen molar-refractivity contribution >= 4 is 17.5 Å². The van der Waals surface area contributed by atoms with Crippen LogP contribution in [-0.4, -0.2) is 37.0 Å². The summed E-state index contributed by atoms with van der Waals surface area (Å²) in [5.74, 6) is 0.719. The second-order valence-electron chi connectivity index (χ2n) is 7.22. The van der Waals surface area contributed by atoms with E-state index in [2.05, 4.69) is 23.2 Å². The van der Waals surface area contributed by atoms with Gasteiger partial charge in [0.15, 0.2) is 0 Å². The number of carbonyl (C=O) groups excluding carboxylic acids is 1. The maximum Gasteiger partial charge on any atom is 0.251 e. The third-order valence-electron chi connectivity index (χ3n) is 5.14. The van der Waals surface area contributed by atoms with E-state index in [-0.39, 0.29) is 11.9 Å². The number of nitrogens with zero attached hydrogens (tertiary/aromatic N) is 1. The third kappa shape index (κ3) is 5.49. The number of nitrogens with one attached hydrogen (secondary N) is 1. The molecule has 1 saturated heterocycles. The summed E-state index contributed by atoms with van der Waals surface area (Å²) in [6, 6.07) is 15.3. The van der Waals surface area contributed by atoms with Gasteiger partial charge in [-0.3, -0.25) is 9.69 Å². The Kier molecular flexibility index (Phi) is 7.75. The number of halogens is 1. The maximum absolute atomic E-state index is 12.7. The largest absolute Gasteiger partial charge is 0.494 e. The van der Waals surface area contributed by atoms with Crippen molar-refractivity contribution < 1.29 is 9.53 Å². The Morgan fingerprint density at radius 1 is 1.11 bits per heavy atom. The molecule has 0 aromatic heterocycles. The van der Waals surface area contributed by atoms with Crippen molar-refractivity contribution in [3.63, 3.8) is 0 Å². The van der Waals surface area contributed by atoms with Crippen LogP contribution in [-0.2, 0) is 0 Å². The van der Waals surface area contributed by atoms with Gasteiger partial charge in [0.05, 0.1) is 12.6 Å². The summed E-state index contributed by atoms with van der Waals surface area (Å²) in [5.41, 5.74) is 1.72. The molecule has 1 fully saturated rings. The quantitative estimate of drug-likeness (QED) is 0.671. The lowest BCUT2D eigenvalue weighted by molar-refractivity contribution is 0.0924. The first-order valence-corrected chi connectivity index (χ1v) is 10.6. The van der Waals surface area contributed by atoms with Crippen molar-refractivity contribution in [2.45, 2.75) is 38.6 Å². The predicted molar refractivity (Wildman–Crippen MR) is 114 cm³/mol. The topological polar surface area (TPSA) is 41.6 Å². The van der Waals surface area contributed by atoms with Gasteiger partial charge in [-0.1, -0.05) is 43.1 Å². The zero-order valence-electron chi connectivity index (χ0n) is 16.5. The van der Waals surface area contributed by atoms with Crippen molar-refractivity contribution in [3.8, 4) is 5.75 Å². The van der Waals surface area contributed by atoms with Crippen molar-refractivity contribution in [2.24, 2.45) is 0 Å². The SMILES string of the molecule is CCCOc1ccc(C(=O)NCC(c2ccccc2Cl)N2CCCCC2)cc1. The van der Waals surface area contributed by atoms with Crippen LogP contribution in [0.4, 0.5) is 0 Å². The van der Waals surface area contributed by atoms with Crippen LogP contribution in [0.3, 0.4) is 0 Å². The van der Waals surface area contributed by atoms with Crippen molar-refractivity contribution in [1.29, 1.82) is 0 Å². The van der Waals surface area contributed by atoms with Crippen molar-refractivity contribution in [1.82, 2.24) is 10.2 Å². The van der Waals surface area contributed by atoms with Gasteiger partial charge in [0.2, 0.25) is 0 Å². The molecule has 0 spiro atoms. The standard InChI is InChI=1S/C23H29ClN2O2/c1-2-16-28-19-12-10-18(11-13-19)23(27)25-17-22(26-14-6-3-7-15-26)20-8-4-5-9-21(20)24/h4-5,8-13,22H,2-3,6-7,14-17H2,1H3,(H,25,27). The molecule has 1 aliphatic rings. The number of hydrogen-bond acceptors (Lipinski definition) is 3. The highest BCUT2D eigenvalue weighted by Gasteiger charge is 2.24. The van der Waals surface area contributed by atoms with E-state index < -0.39 is 0 Å². The van der Waals surface area contributed by atoms with Gasteiger partial charge in [0.1, 0.15) is 5.75 Å². The fourth-order valence-electron chi connectivity index (χ4n) is 3.63. The van der Waals surface area contributed by atoms with E-state index in [9.17, 15) is 4.79 Å². The smallest absolute Gasteiger partial charge is 0.251 e. The minimum atomic E-state index is -0.0731. The van der Waals surface area contributed by atoms with E-state index in [1.807, 2.05) is 42.5 Å². The first-order valence-electron chi connectivity index (χ1n) is 10.2. The molecule has 1 N–H and O–H groups in total. The fourth-order valence-corrected chi connectivity index (χ4v) is 3.89. The van der Waals surface area contributed by atoms with Crippen LogP contribution in [0, 0.1) is 0 Å². The molecule has 2 aromatic carbocycles. The van der Waals surface area contributed by atoms with Crippen molar-refractivity contribution in [2.75, 3.05) is 26.2 Å². The van der Waals surface area contributed by atoms with Gasteiger partial charge >= 0.3 is 0 Å². The molecule has 4 nitrogen and oxygen atoms in total. The normalized spacial score (nSPS) is 15.8. The van der Waals surface area contributed by atoms with Gasteiger partial charge in [-0.25, -0.2) is 0 Å². The molecule has 0 bridgehead atoms. The highest BCUT2D eigenvalue weighted by Crippen LogP contribution is 2.29. The molecule has 28 heavy (non-hydrogen) atoms. The monoisotopic (exact) mass is 400 g/mol. The maximum atomic E-state index is 12.7. The van der Waals surface area contributed by atoms with E-state index in [4.69, 9.17) is 16.3 Å². The molecule has 1 amide bonds. The van der Waals surface area contributed by atoms with Crippen LogP contribution in [0.2, 0.25) is 5.02 Å². The molecule has 1 aliphatic heterocycles. The second kappa shape index (κ2) is 10.5. The lowest BCUT2D eigenvalue weighted by atomic mass is 10.0. The average Bonchev–Trinajstić information content (AvgIpc) is 2.74. The number of rotatable bonds is 8. The molecule has 2 aromatic rings. The molecule has 1 unspecified atom stereocenters. The van der Waals surface area contributed by atoms with Crippen LogP contribution < -0.4 is 10.1 Å². The molecule has 1 heterocycles. The molecular formula is C23H29ClN2O2. The van der Waals surface area contributed by atoms with Crippen LogP contribution in [0.1, 0.15) is 54.6 Å². The van der Waals surface area contributed by atoms with Crippen LogP contribution in [0.5, 0.6) is 5.75 Å². The molecule has 1 atom stereocenters. The minimum Gasteiger partial charge on any atom is -0.494 e. The molecule has 0 saturated carbocycles. The first-order chi connectivity index (χ1) is 13.7. The highest BCUT2D eigenvalue weighted by molar-refractivity contribution is 6.31. The molecule has 0 aliphatic carbocycles. The van der Waals surface area contributed by atoms with Gasteiger partial charge in [0.25, 0.3) is 5.91 Å². The third-order valence-corrected chi connectivity index (χ3v) is 5.49. The summed E-state index contributed by atoms with van der Waals surface area (Å²) >= 11 is 6.48. The van der Waals surface area contributed by atoms with E-state index in [1.54, 1.807) is 0 Å². The molecule has 5 heteroatoms. The Hall–Kier alpha value is -2.04. The summed E-state index contributed by atoms with van der Waals surface area (Å²) in [6.07, 6.45) is 4.61. The van der Waals surface area contributed by atoms with Gasteiger partial charge in [0, 0.05) is 17.1 Å². The zero-order valence-corrected chi connectivity index (χ0v) is 17.3. The van der Waals surface area contributed by atoms with Gasteiger partial charge in [-0.15, -0.1) is 0 Å². The van der Waals surface area contributed by atoms with E-state index in [0.29, 0.717) is 18.7 Å². The minimum absolute atomic E-state index is 0.0731. The fraction of sp³-hybridized carbons (Fsp3) is 0.435. The Bertz CT molecular complexity index is 757.